The molecule has 1 aromatic carbocycles. The molecule has 8 nitrogen and oxygen atoms in total. The molecule has 140 valence electrons. The topological polar surface area (TPSA) is 83.3 Å². The zero-order valence-electron chi connectivity index (χ0n) is 14.8. The van der Waals surface area contributed by atoms with E-state index < -0.39 is 0 Å². The first kappa shape index (κ1) is 21.3. The van der Waals surface area contributed by atoms with Crippen molar-refractivity contribution in [3.63, 3.8) is 0 Å². The zero-order valence-corrected chi connectivity index (χ0v) is 16.4. The summed E-state index contributed by atoms with van der Waals surface area (Å²) in [6, 6.07) is 3.78. The summed E-state index contributed by atoms with van der Waals surface area (Å²) >= 11 is 1.64. The first-order valence-electron chi connectivity index (χ1n) is 7.54. The van der Waals surface area contributed by atoms with Crippen molar-refractivity contribution in [2.75, 3.05) is 33.6 Å². The molecule has 0 amide bonds. The summed E-state index contributed by atoms with van der Waals surface area (Å²) in [5.41, 5.74) is 1.03. The molecule has 1 heterocycles. The predicted molar refractivity (Wildman–Crippen MR) is 91.9 cm³/mol. The van der Waals surface area contributed by atoms with Crippen LogP contribution in [0.25, 0.3) is 0 Å². The molecule has 2 rings (SSSR count). The van der Waals surface area contributed by atoms with Gasteiger partial charge in [0.2, 0.25) is 5.16 Å². The molecule has 2 aromatic rings. The standard InChI is InChI=1S/C15H23N5O3S.ClH/c1-20-15(17-18-19-20)24-7-5-6-16-10-11-8-13(22-3)14(23-4)9-12(11)21-2;/h8-9,16H,5-7,10H2,1-4H3;1H/p-1. The molecule has 25 heavy (non-hydrogen) atoms. The van der Waals surface area contributed by atoms with Crippen molar-refractivity contribution < 1.29 is 26.6 Å². The van der Waals surface area contributed by atoms with Gasteiger partial charge in [-0.25, -0.2) is 4.68 Å². The summed E-state index contributed by atoms with van der Waals surface area (Å²) in [6.07, 6.45) is 1.01. The van der Waals surface area contributed by atoms with E-state index in [1.807, 2.05) is 19.2 Å². The number of hydrogen-bond donors (Lipinski definition) is 1. The largest absolute Gasteiger partial charge is 1.00 e. The molecule has 0 saturated carbocycles. The number of aryl methyl sites for hydroxylation is 1. The second-order valence-electron chi connectivity index (χ2n) is 4.98. The molecular weight excluding hydrogens is 366 g/mol. The van der Waals surface area contributed by atoms with Crippen molar-refractivity contribution in [1.82, 2.24) is 25.5 Å². The first-order chi connectivity index (χ1) is 11.7. The third-order valence-electron chi connectivity index (χ3n) is 3.41. The molecular formula is C15H23ClN5O3S-. The van der Waals surface area contributed by atoms with Crippen LogP contribution in [0.5, 0.6) is 17.2 Å². The number of ether oxygens (including phenoxy) is 3. The molecule has 1 aromatic heterocycles. The summed E-state index contributed by atoms with van der Waals surface area (Å²) in [4.78, 5) is 0. The van der Waals surface area contributed by atoms with Crippen LogP contribution in [0, 0.1) is 0 Å². The van der Waals surface area contributed by atoms with Crippen molar-refractivity contribution in [1.29, 1.82) is 0 Å². The highest BCUT2D eigenvalue weighted by Crippen LogP contribution is 2.34. The molecule has 0 aliphatic heterocycles. The Labute approximate surface area is 158 Å². The highest BCUT2D eigenvalue weighted by Gasteiger charge is 2.11. The number of rotatable bonds is 10. The van der Waals surface area contributed by atoms with Crippen molar-refractivity contribution in [3.05, 3.63) is 17.7 Å². The lowest BCUT2D eigenvalue weighted by atomic mass is 10.1. The molecule has 0 atom stereocenters. The minimum atomic E-state index is 0. The summed E-state index contributed by atoms with van der Waals surface area (Å²) in [5.74, 6) is 3.08. The molecule has 0 unspecified atom stereocenters. The minimum absolute atomic E-state index is 0. The molecule has 0 fully saturated rings. The van der Waals surface area contributed by atoms with Crippen LogP contribution < -0.4 is 31.9 Å². The van der Waals surface area contributed by atoms with Gasteiger partial charge >= 0.3 is 0 Å². The van der Waals surface area contributed by atoms with Gasteiger partial charge in [0.1, 0.15) is 5.75 Å². The molecule has 0 radical (unpaired) electrons. The summed E-state index contributed by atoms with van der Waals surface area (Å²) in [6.45, 7) is 1.58. The lowest BCUT2D eigenvalue weighted by molar-refractivity contribution is -0.00000605. The van der Waals surface area contributed by atoms with Crippen LogP contribution in [0.15, 0.2) is 17.3 Å². The van der Waals surface area contributed by atoms with E-state index in [-0.39, 0.29) is 12.4 Å². The van der Waals surface area contributed by atoms with Gasteiger partial charge < -0.3 is 31.9 Å². The van der Waals surface area contributed by atoms with Gasteiger partial charge in [0.05, 0.1) is 21.3 Å². The van der Waals surface area contributed by atoms with Crippen LogP contribution in [-0.2, 0) is 13.6 Å². The highest BCUT2D eigenvalue weighted by molar-refractivity contribution is 7.99. The molecule has 0 saturated heterocycles. The number of nitrogens with zero attached hydrogens (tertiary/aromatic N) is 4. The summed E-state index contributed by atoms with van der Waals surface area (Å²) < 4.78 is 17.7. The van der Waals surface area contributed by atoms with E-state index in [4.69, 9.17) is 14.2 Å². The maximum Gasteiger partial charge on any atom is 0.209 e. The van der Waals surface area contributed by atoms with Crippen LogP contribution in [0.2, 0.25) is 0 Å². The third kappa shape index (κ3) is 5.94. The van der Waals surface area contributed by atoms with Gasteiger partial charge in [0.15, 0.2) is 11.5 Å². The maximum atomic E-state index is 5.42. The Hall–Kier alpha value is -1.71. The summed E-state index contributed by atoms with van der Waals surface area (Å²) in [5, 5.41) is 15.6. The number of hydrogen-bond acceptors (Lipinski definition) is 8. The van der Waals surface area contributed by atoms with Crippen LogP contribution in [0.1, 0.15) is 12.0 Å². The van der Waals surface area contributed by atoms with E-state index in [2.05, 4.69) is 20.8 Å². The van der Waals surface area contributed by atoms with Crippen molar-refractivity contribution in [2.45, 2.75) is 18.1 Å². The molecule has 1 N–H and O–H groups in total. The number of thioether (sulfide) groups is 1. The maximum absolute atomic E-state index is 5.42. The van der Waals surface area contributed by atoms with Crippen LogP contribution in [0.4, 0.5) is 0 Å². The van der Waals surface area contributed by atoms with E-state index in [0.717, 1.165) is 35.2 Å². The van der Waals surface area contributed by atoms with Gasteiger partial charge in [0.25, 0.3) is 0 Å². The minimum Gasteiger partial charge on any atom is -1.00 e. The average Bonchev–Trinajstić information content (AvgIpc) is 3.02. The molecule has 0 spiro atoms. The van der Waals surface area contributed by atoms with Crippen molar-refractivity contribution in [3.8, 4) is 17.2 Å². The number of aromatic nitrogens is 4. The Morgan fingerprint density at radius 3 is 2.36 bits per heavy atom. The fraction of sp³-hybridized carbons (Fsp3) is 0.533. The molecule has 0 aliphatic rings. The SMILES string of the molecule is COc1cc(OC)c(OC)cc1CNCCCSc1nnnn1C.[Cl-]. The van der Waals surface area contributed by atoms with Crippen molar-refractivity contribution >= 4 is 11.8 Å². The normalized spacial score (nSPS) is 10.2. The van der Waals surface area contributed by atoms with Crippen LogP contribution in [-0.4, -0.2) is 53.8 Å². The lowest BCUT2D eigenvalue weighted by Crippen LogP contribution is -3.00. The van der Waals surface area contributed by atoms with E-state index in [9.17, 15) is 0 Å². The Kier molecular flexibility index (Phi) is 9.40. The average molecular weight is 389 g/mol. The molecule has 10 heteroatoms. The van der Waals surface area contributed by atoms with Gasteiger partial charge in [-0.2, -0.15) is 0 Å². The number of tetrazole rings is 1. The quantitative estimate of drug-likeness (QED) is 0.389. The van der Waals surface area contributed by atoms with E-state index >= 15 is 0 Å². The summed E-state index contributed by atoms with van der Waals surface area (Å²) in [7, 11) is 6.72. The number of nitrogens with one attached hydrogen (secondary N) is 1. The predicted octanol–water partition coefficient (Wildman–Crippen LogP) is -1.49. The van der Waals surface area contributed by atoms with Gasteiger partial charge in [-0.1, -0.05) is 11.8 Å². The molecule has 0 bridgehead atoms. The van der Waals surface area contributed by atoms with E-state index in [1.54, 1.807) is 37.8 Å². The zero-order chi connectivity index (χ0) is 17.4. The second-order valence-corrected chi connectivity index (χ2v) is 6.04. The number of halogens is 1. The third-order valence-corrected chi connectivity index (χ3v) is 4.51. The monoisotopic (exact) mass is 388 g/mol. The Morgan fingerprint density at radius 1 is 1.08 bits per heavy atom. The first-order valence-corrected chi connectivity index (χ1v) is 8.53. The van der Waals surface area contributed by atoms with Gasteiger partial charge in [-0.15, -0.1) is 5.10 Å². The lowest BCUT2D eigenvalue weighted by Gasteiger charge is -2.14. The Bertz CT molecular complexity index is 656. The van der Waals surface area contributed by atoms with Crippen molar-refractivity contribution in [2.24, 2.45) is 7.05 Å². The Balaban J connectivity index is 0.00000312. The Morgan fingerprint density at radius 2 is 1.76 bits per heavy atom. The molecule has 0 aliphatic carbocycles. The fourth-order valence-electron chi connectivity index (χ4n) is 2.16. The second kappa shape index (κ2) is 11.0. The van der Waals surface area contributed by atoms with Gasteiger partial charge in [-0.05, 0) is 29.5 Å². The highest BCUT2D eigenvalue weighted by atomic mass is 35.5. The van der Waals surface area contributed by atoms with E-state index in [1.165, 1.54) is 0 Å². The smallest absolute Gasteiger partial charge is 0.209 e. The van der Waals surface area contributed by atoms with Gasteiger partial charge in [-0.3, -0.25) is 0 Å². The van der Waals surface area contributed by atoms with E-state index in [0.29, 0.717) is 18.0 Å². The fourth-order valence-corrected chi connectivity index (χ4v) is 2.95. The van der Waals surface area contributed by atoms with Gasteiger partial charge in [0, 0.05) is 31.0 Å². The number of benzene rings is 1. The number of methoxy groups -OCH3 is 3. The van der Waals surface area contributed by atoms with Crippen LogP contribution >= 0.6 is 11.8 Å². The van der Waals surface area contributed by atoms with Crippen LogP contribution in [0.3, 0.4) is 0 Å².